The molecule has 0 unspecified atom stereocenters. The van der Waals surface area contributed by atoms with E-state index < -0.39 is 0 Å². The van der Waals surface area contributed by atoms with E-state index in [1.54, 1.807) is 18.2 Å². The Morgan fingerprint density at radius 3 is 2.85 bits per heavy atom. The van der Waals surface area contributed by atoms with Gasteiger partial charge in [-0.2, -0.15) is 0 Å². The van der Waals surface area contributed by atoms with Gasteiger partial charge in [0.15, 0.2) is 0 Å². The maximum atomic E-state index is 11.5. The van der Waals surface area contributed by atoms with Crippen LogP contribution in [-0.2, 0) is 0 Å². The summed E-state index contributed by atoms with van der Waals surface area (Å²) in [7, 11) is 0. The monoisotopic (exact) mass is 242 g/mol. The molecule has 1 aromatic carbocycles. The third kappa shape index (κ3) is 2.21. The second-order valence-corrected chi connectivity index (χ2v) is 3.42. The molecule has 0 spiro atoms. The maximum absolute atomic E-state index is 11.5. The van der Waals surface area contributed by atoms with Crippen molar-refractivity contribution in [2.45, 2.75) is 6.92 Å². The van der Waals surface area contributed by atoms with Crippen molar-refractivity contribution in [3.8, 4) is 0 Å². The Morgan fingerprint density at radius 2 is 2.31 bits per heavy atom. The average Bonchev–Trinajstić information content (AvgIpc) is 2.04. The largest absolute Gasteiger partial charge is 0.398 e. The third-order valence-corrected chi connectivity index (χ3v) is 2.27. The zero-order valence-corrected chi connectivity index (χ0v) is 8.89. The lowest BCUT2D eigenvalue weighted by molar-refractivity contribution is 0.0956. The van der Waals surface area contributed by atoms with E-state index >= 15 is 0 Å². The molecule has 0 aliphatic rings. The van der Waals surface area contributed by atoms with Crippen LogP contribution in [0.5, 0.6) is 0 Å². The lowest BCUT2D eigenvalue weighted by atomic mass is 10.1. The number of halogens is 1. The summed E-state index contributed by atoms with van der Waals surface area (Å²) < 4.78 is 0.721. The Labute approximate surface area is 85.4 Å². The number of hydrogen-bond acceptors (Lipinski definition) is 2. The molecular weight excluding hydrogens is 232 g/mol. The smallest absolute Gasteiger partial charge is 0.254 e. The van der Waals surface area contributed by atoms with E-state index in [0.29, 0.717) is 17.8 Å². The fourth-order valence-corrected chi connectivity index (χ4v) is 1.59. The summed E-state index contributed by atoms with van der Waals surface area (Å²) in [6, 6.07) is 5.29. The summed E-state index contributed by atoms with van der Waals surface area (Å²) in [5.41, 5.74) is 6.65. The topological polar surface area (TPSA) is 55.1 Å². The van der Waals surface area contributed by atoms with E-state index in [1.165, 1.54) is 0 Å². The fourth-order valence-electron chi connectivity index (χ4n) is 1.03. The van der Waals surface area contributed by atoms with Crippen LogP contribution in [0.4, 0.5) is 5.69 Å². The van der Waals surface area contributed by atoms with Gasteiger partial charge in [-0.15, -0.1) is 0 Å². The summed E-state index contributed by atoms with van der Waals surface area (Å²) in [6.45, 7) is 2.46. The van der Waals surface area contributed by atoms with Crippen LogP contribution in [0.1, 0.15) is 17.3 Å². The van der Waals surface area contributed by atoms with Gasteiger partial charge in [-0.1, -0.05) is 6.07 Å². The first-order valence-electron chi connectivity index (χ1n) is 3.99. The minimum atomic E-state index is -0.146. The quantitative estimate of drug-likeness (QED) is 0.778. The third-order valence-electron chi connectivity index (χ3n) is 1.61. The van der Waals surface area contributed by atoms with Gasteiger partial charge in [-0.3, -0.25) is 4.79 Å². The Balaban J connectivity index is 3.05. The minimum absolute atomic E-state index is 0.146. The molecule has 0 atom stereocenters. The molecule has 0 aromatic heterocycles. The van der Waals surface area contributed by atoms with Crippen molar-refractivity contribution in [3.05, 3.63) is 28.2 Å². The van der Waals surface area contributed by atoms with E-state index in [2.05, 4.69) is 21.2 Å². The summed E-state index contributed by atoms with van der Waals surface area (Å²) in [5.74, 6) is -0.146. The van der Waals surface area contributed by atoms with Crippen molar-refractivity contribution < 1.29 is 4.79 Å². The first kappa shape index (κ1) is 10.1. The summed E-state index contributed by atoms with van der Waals surface area (Å²) in [5, 5.41) is 2.69. The Morgan fingerprint density at radius 1 is 1.62 bits per heavy atom. The van der Waals surface area contributed by atoms with Crippen molar-refractivity contribution in [1.29, 1.82) is 0 Å². The SMILES string of the molecule is CCNC(=O)c1c(N)cccc1Br. The number of nitrogens with two attached hydrogens (primary N) is 1. The molecule has 0 heterocycles. The van der Waals surface area contributed by atoms with Crippen LogP contribution in [0.3, 0.4) is 0 Å². The van der Waals surface area contributed by atoms with Crippen LogP contribution >= 0.6 is 15.9 Å². The van der Waals surface area contributed by atoms with E-state index in [1.807, 2.05) is 6.92 Å². The van der Waals surface area contributed by atoms with Gasteiger partial charge >= 0.3 is 0 Å². The van der Waals surface area contributed by atoms with Crippen LogP contribution in [0, 0.1) is 0 Å². The first-order chi connectivity index (χ1) is 6.16. The molecule has 1 rings (SSSR count). The van der Waals surface area contributed by atoms with Gasteiger partial charge in [0.25, 0.3) is 5.91 Å². The minimum Gasteiger partial charge on any atom is -0.398 e. The van der Waals surface area contributed by atoms with Crippen LogP contribution in [0.2, 0.25) is 0 Å². The van der Waals surface area contributed by atoms with E-state index in [9.17, 15) is 4.79 Å². The van der Waals surface area contributed by atoms with Gasteiger partial charge < -0.3 is 11.1 Å². The molecule has 1 amide bonds. The van der Waals surface area contributed by atoms with Crippen LogP contribution in [0.25, 0.3) is 0 Å². The molecule has 70 valence electrons. The zero-order valence-electron chi connectivity index (χ0n) is 7.30. The van der Waals surface area contributed by atoms with Crippen molar-refractivity contribution in [2.24, 2.45) is 0 Å². The number of carbonyl (C=O) groups is 1. The van der Waals surface area contributed by atoms with E-state index in [-0.39, 0.29) is 5.91 Å². The highest BCUT2D eigenvalue weighted by Gasteiger charge is 2.11. The molecule has 13 heavy (non-hydrogen) atoms. The van der Waals surface area contributed by atoms with Gasteiger partial charge in [0.2, 0.25) is 0 Å². The van der Waals surface area contributed by atoms with Crippen molar-refractivity contribution >= 4 is 27.5 Å². The van der Waals surface area contributed by atoms with Gasteiger partial charge in [-0.25, -0.2) is 0 Å². The lowest BCUT2D eigenvalue weighted by Gasteiger charge is -2.07. The van der Waals surface area contributed by atoms with Crippen LogP contribution < -0.4 is 11.1 Å². The summed E-state index contributed by atoms with van der Waals surface area (Å²) in [6.07, 6.45) is 0. The predicted octanol–water partition coefficient (Wildman–Crippen LogP) is 1.78. The number of anilines is 1. The fraction of sp³-hybridized carbons (Fsp3) is 0.222. The molecule has 0 fully saturated rings. The van der Waals surface area contributed by atoms with Crippen molar-refractivity contribution in [2.75, 3.05) is 12.3 Å². The molecule has 1 aromatic rings. The Hall–Kier alpha value is -1.03. The molecule has 0 aliphatic heterocycles. The van der Waals surface area contributed by atoms with Gasteiger partial charge in [0.05, 0.1) is 5.56 Å². The lowest BCUT2D eigenvalue weighted by Crippen LogP contribution is -2.24. The molecule has 3 nitrogen and oxygen atoms in total. The molecule has 0 aliphatic carbocycles. The number of benzene rings is 1. The standard InChI is InChI=1S/C9H11BrN2O/c1-2-12-9(13)8-6(10)4-3-5-7(8)11/h3-5H,2,11H2,1H3,(H,12,13). The maximum Gasteiger partial charge on any atom is 0.254 e. The number of carbonyl (C=O) groups excluding carboxylic acids is 1. The van der Waals surface area contributed by atoms with E-state index in [0.717, 1.165) is 4.47 Å². The molecule has 0 saturated carbocycles. The zero-order chi connectivity index (χ0) is 9.84. The molecule has 0 radical (unpaired) electrons. The molecule has 0 saturated heterocycles. The number of hydrogen-bond donors (Lipinski definition) is 2. The van der Waals surface area contributed by atoms with Gasteiger partial charge in [-0.05, 0) is 35.0 Å². The molecule has 3 N–H and O–H groups in total. The number of amides is 1. The van der Waals surface area contributed by atoms with Crippen LogP contribution in [0.15, 0.2) is 22.7 Å². The normalized spacial score (nSPS) is 9.69. The van der Waals surface area contributed by atoms with Crippen LogP contribution in [-0.4, -0.2) is 12.5 Å². The van der Waals surface area contributed by atoms with Gasteiger partial charge in [0.1, 0.15) is 0 Å². The average molecular weight is 243 g/mol. The number of rotatable bonds is 2. The highest BCUT2D eigenvalue weighted by Crippen LogP contribution is 2.21. The summed E-state index contributed by atoms with van der Waals surface area (Å²) >= 11 is 3.28. The molecule has 0 bridgehead atoms. The van der Waals surface area contributed by atoms with Gasteiger partial charge in [0, 0.05) is 16.7 Å². The highest BCUT2D eigenvalue weighted by atomic mass is 79.9. The molecule has 4 heteroatoms. The number of nitrogens with one attached hydrogen (secondary N) is 1. The van der Waals surface area contributed by atoms with E-state index in [4.69, 9.17) is 5.73 Å². The second-order valence-electron chi connectivity index (χ2n) is 2.56. The first-order valence-corrected chi connectivity index (χ1v) is 4.78. The van der Waals surface area contributed by atoms with Crippen molar-refractivity contribution in [3.63, 3.8) is 0 Å². The second kappa shape index (κ2) is 4.28. The Bertz CT molecular complexity index is 305. The summed E-state index contributed by atoms with van der Waals surface area (Å²) in [4.78, 5) is 11.5. The predicted molar refractivity (Wildman–Crippen MR) is 56.6 cm³/mol. The Kier molecular flexibility index (Phi) is 3.31. The molecular formula is C9H11BrN2O. The number of nitrogen functional groups attached to an aromatic ring is 1. The highest BCUT2D eigenvalue weighted by molar-refractivity contribution is 9.10. The van der Waals surface area contributed by atoms with Crippen molar-refractivity contribution in [1.82, 2.24) is 5.32 Å².